The van der Waals surface area contributed by atoms with Gasteiger partial charge in [0.2, 0.25) is 35.4 Å². The number of primary amides is 2. The summed E-state index contributed by atoms with van der Waals surface area (Å²) in [6.45, 7) is -0.348. The van der Waals surface area contributed by atoms with Crippen LogP contribution in [0.25, 0.3) is 0 Å². The Balaban J connectivity index is 3.02. The smallest absolute Gasteiger partial charge is 0.243 e. The number of amides is 6. The van der Waals surface area contributed by atoms with Gasteiger partial charge in [-0.3, -0.25) is 33.8 Å². The van der Waals surface area contributed by atoms with Crippen LogP contribution < -0.4 is 44.2 Å². The minimum atomic E-state index is -1.27. The molecule has 1 aliphatic heterocycles. The summed E-state index contributed by atoms with van der Waals surface area (Å²) < 4.78 is 0. The predicted molar refractivity (Wildman–Crippen MR) is 124 cm³/mol. The molecule has 0 spiro atoms. The number of aliphatic imine (C=N–C) groups is 1. The first-order valence-electron chi connectivity index (χ1n) is 10.4. The zero-order chi connectivity index (χ0) is 25.7. The SMILES string of the molecule is NC(=O)C[C@@H]1NC(=O)CSCC[C@H](C(N)=O)NC(=O)[C@H](CCCN=C(N)N)NC(=O)CNC1=O. The molecule has 1 saturated heterocycles. The van der Waals surface area contributed by atoms with E-state index in [0.717, 1.165) is 11.8 Å². The molecule has 1 rings (SSSR count). The highest BCUT2D eigenvalue weighted by Crippen LogP contribution is 2.07. The van der Waals surface area contributed by atoms with Crippen LogP contribution in [0, 0.1) is 0 Å². The van der Waals surface area contributed by atoms with E-state index in [1.54, 1.807) is 0 Å². The van der Waals surface area contributed by atoms with Gasteiger partial charge in [-0.05, 0) is 25.0 Å². The first kappa shape index (κ1) is 28.5. The van der Waals surface area contributed by atoms with Crippen molar-refractivity contribution in [3.8, 4) is 0 Å². The Morgan fingerprint density at radius 2 is 1.62 bits per heavy atom. The zero-order valence-corrected chi connectivity index (χ0v) is 19.3. The fourth-order valence-corrected chi connectivity index (χ4v) is 3.69. The van der Waals surface area contributed by atoms with E-state index in [-0.39, 0.29) is 36.9 Å². The molecule has 1 fully saturated rings. The van der Waals surface area contributed by atoms with Gasteiger partial charge in [0, 0.05) is 6.54 Å². The predicted octanol–water partition coefficient (Wildman–Crippen LogP) is -4.89. The van der Waals surface area contributed by atoms with E-state index in [4.69, 9.17) is 22.9 Å². The summed E-state index contributed by atoms with van der Waals surface area (Å²) in [4.78, 5) is 76.5. The molecule has 0 bridgehead atoms. The molecule has 0 aromatic rings. The molecule has 6 amide bonds. The van der Waals surface area contributed by atoms with Gasteiger partial charge in [0.25, 0.3) is 0 Å². The molecule has 0 aromatic heterocycles. The van der Waals surface area contributed by atoms with Crippen molar-refractivity contribution in [1.82, 2.24) is 21.3 Å². The number of nitrogens with two attached hydrogens (primary N) is 4. The lowest BCUT2D eigenvalue weighted by atomic mass is 10.1. The van der Waals surface area contributed by atoms with E-state index in [9.17, 15) is 28.8 Å². The summed E-state index contributed by atoms with van der Waals surface area (Å²) in [6, 6.07) is -3.37. The van der Waals surface area contributed by atoms with Crippen LogP contribution in [-0.4, -0.2) is 84.1 Å². The zero-order valence-electron chi connectivity index (χ0n) is 18.5. The maximum atomic E-state index is 12.8. The van der Waals surface area contributed by atoms with Crippen molar-refractivity contribution in [3.63, 3.8) is 0 Å². The second-order valence-corrected chi connectivity index (χ2v) is 8.49. The molecule has 12 N–H and O–H groups in total. The van der Waals surface area contributed by atoms with Gasteiger partial charge in [0.15, 0.2) is 5.96 Å². The maximum Gasteiger partial charge on any atom is 0.243 e. The molecule has 16 heteroatoms. The van der Waals surface area contributed by atoms with Crippen molar-refractivity contribution in [2.75, 3.05) is 24.6 Å². The Morgan fingerprint density at radius 3 is 2.24 bits per heavy atom. The van der Waals surface area contributed by atoms with E-state index in [2.05, 4.69) is 26.3 Å². The number of hydrogen-bond donors (Lipinski definition) is 8. The number of carbonyl (C=O) groups is 6. The number of guanidine groups is 1. The van der Waals surface area contributed by atoms with Crippen LogP contribution in [0.1, 0.15) is 25.7 Å². The fraction of sp³-hybridized carbons (Fsp3) is 0.611. The molecule has 0 aromatic carbocycles. The Kier molecular flexibility index (Phi) is 12.2. The number of nitrogens with one attached hydrogen (secondary N) is 4. The largest absolute Gasteiger partial charge is 0.370 e. The second kappa shape index (κ2) is 14.6. The Bertz CT molecular complexity index is 818. The highest BCUT2D eigenvalue weighted by Gasteiger charge is 2.27. The summed E-state index contributed by atoms with van der Waals surface area (Å²) >= 11 is 1.14. The summed E-state index contributed by atoms with van der Waals surface area (Å²) in [5, 5.41) is 9.65. The molecule has 190 valence electrons. The molecule has 15 nitrogen and oxygen atoms in total. The molecule has 1 aliphatic rings. The van der Waals surface area contributed by atoms with Crippen molar-refractivity contribution < 1.29 is 28.8 Å². The number of carbonyl (C=O) groups excluding carboxylic acids is 6. The summed E-state index contributed by atoms with van der Waals surface area (Å²) in [5.41, 5.74) is 21.1. The second-order valence-electron chi connectivity index (χ2n) is 7.38. The van der Waals surface area contributed by atoms with E-state index in [0.29, 0.717) is 6.42 Å². The van der Waals surface area contributed by atoms with Crippen molar-refractivity contribution in [3.05, 3.63) is 0 Å². The number of rotatable bonds is 7. The maximum absolute atomic E-state index is 12.8. The quantitative estimate of drug-likeness (QED) is 0.0942. The van der Waals surface area contributed by atoms with Crippen LogP contribution in [-0.2, 0) is 28.8 Å². The number of nitrogens with zero attached hydrogens (tertiary/aromatic N) is 1. The summed E-state index contributed by atoms with van der Waals surface area (Å²) in [5.74, 6) is -4.27. The highest BCUT2D eigenvalue weighted by molar-refractivity contribution is 7.99. The molecule has 0 saturated carbocycles. The van der Waals surface area contributed by atoms with Gasteiger partial charge in [-0.1, -0.05) is 0 Å². The van der Waals surface area contributed by atoms with Crippen LogP contribution >= 0.6 is 11.8 Å². The molecule has 0 radical (unpaired) electrons. The van der Waals surface area contributed by atoms with Crippen LogP contribution in [0.4, 0.5) is 0 Å². The summed E-state index contributed by atoms with van der Waals surface area (Å²) in [7, 11) is 0. The molecule has 34 heavy (non-hydrogen) atoms. The molecule has 1 heterocycles. The minimum absolute atomic E-state index is 0.0874. The lowest BCUT2D eigenvalue weighted by molar-refractivity contribution is -0.133. The van der Waals surface area contributed by atoms with Crippen LogP contribution in [0.2, 0.25) is 0 Å². The topological polar surface area (TPSA) is 267 Å². The highest BCUT2D eigenvalue weighted by atomic mass is 32.2. The van der Waals surface area contributed by atoms with Gasteiger partial charge in [-0.15, -0.1) is 0 Å². The van der Waals surface area contributed by atoms with Gasteiger partial charge in [0.1, 0.15) is 18.1 Å². The van der Waals surface area contributed by atoms with E-state index < -0.39 is 66.5 Å². The molecular weight excluding hydrogens is 470 g/mol. The number of thioether (sulfide) groups is 1. The third kappa shape index (κ3) is 11.3. The Morgan fingerprint density at radius 1 is 0.941 bits per heavy atom. The standard InChI is InChI=1S/C18H31N9O6S/c19-12(28)6-11-16(32)24-7-13(29)25-10(2-1-4-23-18(21)22)17(33)27-9(15(20)31)3-5-34-8-14(30)26-11/h9-11H,1-8H2,(H2,19,28)(H2,20,31)(H,24,32)(H,25,29)(H,26,30)(H,27,33)(H4,21,22,23)/t9-,10+,11+/m1/s1. The van der Waals surface area contributed by atoms with Gasteiger partial charge in [-0.25, -0.2) is 0 Å². The number of hydrogen-bond acceptors (Lipinski definition) is 8. The first-order chi connectivity index (χ1) is 16.0. The first-order valence-corrected chi connectivity index (χ1v) is 11.5. The van der Waals surface area contributed by atoms with E-state index in [1.807, 2.05) is 0 Å². The molecule has 0 aliphatic carbocycles. The monoisotopic (exact) mass is 501 g/mol. The third-order valence-electron chi connectivity index (χ3n) is 4.52. The van der Waals surface area contributed by atoms with Gasteiger partial charge < -0.3 is 44.2 Å². The van der Waals surface area contributed by atoms with E-state index >= 15 is 0 Å². The molecule has 3 atom stereocenters. The minimum Gasteiger partial charge on any atom is -0.370 e. The van der Waals surface area contributed by atoms with Crippen molar-refractivity contribution >= 4 is 53.2 Å². The summed E-state index contributed by atoms with van der Waals surface area (Å²) in [6.07, 6.45) is 0.109. The Labute approximate surface area is 199 Å². The van der Waals surface area contributed by atoms with Crippen molar-refractivity contribution in [2.45, 2.75) is 43.8 Å². The van der Waals surface area contributed by atoms with Gasteiger partial charge >= 0.3 is 0 Å². The average Bonchev–Trinajstić information content (AvgIpc) is 2.74. The molecule has 0 unspecified atom stereocenters. The van der Waals surface area contributed by atoms with Crippen molar-refractivity contribution in [1.29, 1.82) is 0 Å². The molecular formula is C18H31N9O6S. The normalized spacial score (nSPS) is 23.0. The average molecular weight is 502 g/mol. The van der Waals surface area contributed by atoms with Crippen molar-refractivity contribution in [2.24, 2.45) is 27.9 Å². The lowest BCUT2D eigenvalue weighted by Crippen LogP contribution is -2.55. The van der Waals surface area contributed by atoms with Gasteiger partial charge in [-0.2, -0.15) is 11.8 Å². The van der Waals surface area contributed by atoms with Crippen LogP contribution in [0.15, 0.2) is 4.99 Å². The van der Waals surface area contributed by atoms with Gasteiger partial charge in [0.05, 0.1) is 18.7 Å². The van der Waals surface area contributed by atoms with Crippen LogP contribution in [0.3, 0.4) is 0 Å². The lowest BCUT2D eigenvalue weighted by Gasteiger charge is -2.23. The third-order valence-corrected chi connectivity index (χ3v) is 5.51. The Hall–Kier alpha value is -3.56. The fourth-order valence-electron chi connectivity index (χ4n) is 2.88. The van der Waals surface area contributed by atoms with E-state index in [1.165, 1.54) is 0 Å². The van der Waals surface area contributed by atoms with Crippen LogP contribution in [0.5, 0.6) is 0 Å².